The standard InChI is InChI=1S/C18H19N3O/c1-4-13-5-6-16-15(10-13)17(18(22)19-16)21-20-14-8-11(2)7-12(3)9-14/h5-10,19,22H,4H2,1-3H3. The van der Waals surface area contributed by atoms with E-state index in [2.05, 4.69) is 28.2 Å². The van der Waals surface area contributed by atoms with Crippen LogP contribution in [0.15, 0.2) is 46.6 Å². The molecular formula is C18H19N3O. The van der Waals surface area contributed by atoms with Crippen LogP contribution in [0.25, 0.3) is 10.9 Å². The van der Waals surface area contributed by atoms with Gasteiger partial charge in [-0.15, -0.1) is 5.11 Å². The van der Waals surface area contributed by atoms with Gasteiger partial charge in [-0.2, -0.15) is 5.11 Å². The second kappa shape index (κ2) is 5.64. The van der Waals surface area contributed by atoms with Crippen molar-refractivity contribution in [3.05, 3.63) is 53.1 Å². The molecule has 0 fully saturated rings. The van der Waals surface area contributed by atoms with E-state index in [1.165, 1.54) is 5.56 Å². The number of aromatic amines is 1. The maximum absolute atomic E-state index is 10.1. The lowest BCUT2D eigenvalue weighted by Gasteiger charge is -1.99. The Labute approximate surface area is 129 Å². The molecular weight excluding hydrogens is 274 g/mol. The van der Waals surface area contributed by atoms with Gasteiger partial charge in [0.1, 0.15) is 0 Å². The largest absolute Gasteiger partial charge is 0.493 e. The molecule has 0 spiro atoms. The van der Waals surface area contributed by atoms with E-state index >= 15 is 0 Å². The van der Waals surface area contributed by atoms with Gasteiger partial charge in [0, 0.05) is 5.39 Å². The average molecular weight is 293 g/mol. The Hall–Kier alpha value is -2.62. The van der Waals surface area contributed by atoms with Gasteiger partial charge in [-0.05, 0) is 61.2 Å². The molecule has 0 saturated carbocycles. The number of aryl methyl sites for hydroxylation is 3. The third-order valence-corrected chi connectivity index (χ3v) is 3.70. The van der Waals surface area contributed by atoms with Gasteiger partial charge in [-0.1, -0.05) is 19.1 Å². The third-order valence-electron chi connectivity index (χ3n) is 3.70. The highest BCUT2D eigenvalue weighted by Gasteiger charge is 2.10. The normalized spacial score (nSPS) is 11.6. The zero-order valence-corrected chi connectivity index (χ0v) is 13.0. The summed E-state index contributed by atoms with van der Waals surface area (Å²) < 4.78 is 0. The van der Waals surface area contributed by atoms with Gasteiger partial charge in [0.15, 0.2) is 5.69 Å². The molecule has 0 unspecified atom stereocenters. The maximum atomic E-state index is 10.1. The quantitative estimate of drug-likeness (QED) is 0.618. The summed E-state index contributed by atoms with van der Waals surface area (Å²) in [5, 5.41) is 19.5. The lowest BCUT2D eigenvalue weighted by atomic mass is 10.1. The first kappa shape index (κ1) is 14.3. The summed E-state index contributed by atoms with van der Waals surface area (Å²) >= 11 is 0. The number of hydrogen-bond donors (Lipinski definition) is 2. The van der Waals surface area contributed by atoms with Crippen LogP contribution in [0.1, 0.15) is 23.6 Å². The Balaban J connectivity index is 2.05. The molecule has 112 valence electrons. The second-order valence-corrected chi connectivity index (χ2v) is 5.60. The van der Waals surface area contributed by atoms with Gasteiger partial charge < -0.3 is 10.1 Å². The first-order valence-electron chi connectivity index (χ1n) is 7.40. The third kappa shape index (κ3) is 2.72. The smallest absolute Gasteiger partial charge is 0.218 e. The van der Waals surface area contributed by atoms with Gasteiger partial charge in [-0.25, -0.2) is 0 Å². The van der Waals surface area contributed by atoms with E-state index in [1.54, 1.807) is 0 Å². The molecule has 2 N–H and O–H groups in total. The molecule has 0 bridgehead atoms. The summed E-state index contributed by atoms with van der Waals surface area (Å²) in [4.78, 5) is 2.94. The van der Waals surface area contributed by atoms with Crippen LogP contribution >= 0.6 is 0 Å². The van der Waals surface area contributed by atoms with Gasteiger partial charge in [-0.3, -0.25) is 0 Å². The van der Waals surface area contributed by atoms with Crippen molar-refractivity contribution in [2.24, 2.45) is 10.2 Å². The van der Waals surface area contributed by atoms with Crippen LogP contribution in [0.2, 0.25) is 0 Å². The first-order chi connectivity index (χ1) is 10.6. The van der Waals surface area contributed by atoms with Crippen LogP contribution in [-0.4, -0.2) is 10.1 Å². The second-order valence-electron chi connectivity index (χ2n) is 5.60. The number of hydrogen-bond acceptors (Lipinski definition) is 3. The van der Waals surface area contributed by atoms with Crippen molar-refractivity contribution in [3.63, 3.8) is 0 Å². The number of aromatic nitrogens is 1. The molecule has 4 nitrogen and oxygen atoms in total. The van der Waals surface area contributed by atoms with Gasteiger partial charge in [0.05, 0.1) is 11.2 Å². The molecule has 0 radical (unpaired) electrons. The van der Waals surface area contributed by atoms with Crippen molar-refractivity contribution in [3.8, 4) is 5.88 Å². The summed E-state index contributed by atoms with van der Waals surface area (Å²) in [5.74, 6) is 0.0522. The van der Waals surface area contributed by atoms with Crippen molar-refractivity contribution in [2.75, 3.05) is 0 Å². The van der Waals surface area contributed by atoms with Crippen LogP contribution in [0.4, 0.5) is 11.4 Å². The number of nitrogens with one attached hydrogen (secondary N) is 1. The fourth-order valence-corrected chi connectivity index (χ4v) is 2.65. The molecule has 1 heterocycles. The Morgan fingerprint density at radius 1 is 1.00 bits per heavy atom. The predicted molar refractivity (Wildman–Crippen MR) is 89.4 cm³/mol. The SMILES string of the molecule is CCc1ccc2[nH]c(O)c(N=Nc3cc(C)cc(C)c3)c2c1. The molecule has 3 aromatic rings. The Morgan fingerprint density at radius 3 is 2.41 bits per heavy atom. The first-order valence-corrected chi connectivity index (χ1v) is 7.40. The number of fused-ring (bicyclic) bond motifs is 1. The Bertz CT molecular complexity index is 842. The molecule has 0 atom stereocenters. The van der Waals surface area contributed by atoms with Gasteiger partial charge >= 0.3 is 0 Å². The zero-order chi connectivity index (χ0) is 15.7. The fraction of sp³-hybridized carbons (Fsp3) is 0.222. The number of rotatable bonds is 3. The fourth-order valence-electron chi connectivity index (χ4n) is 2.65. The van der Waals surface area contributed by atoms with E-state index in [0.717, 1.165) is 34.1 Å². The number of benzene rings is 2. The summed E-state index contributed by atoms with van der Waals surface area (Å²) in [7, 11) is 0. The van der Waals surface area contributed by atoms with E-state index < -0.39 is 0 Å². The molecule has 3 rings (SSSR count). The molecule has 22 heavy (non-hydrogen) atoms. The highest BCUT2D eigenvalue weighted by Crippen LogP contribution is 2.37. The average Bonchev–Trinajstić information content (AvgIpc) is 2.78. The molecule has 0 aliphatic rings. The molecule has 2 aromatic carbocycles. The lowest BCUT2D eigenvalue weighted by Crippen LogP contribution is -1.78. The summed E-state index contributed by atoms with van der Waals surface area (Å²) in [6, 6.07) is 12.1. The van der Waals surface area contributed by atoms with Crippen LogP contribution in [-0.2, 0) is 6.42 Å². The summed E-state index contributed by atoms with van der Waals surface area (Å²) in [6.45, 7) is 6.16. The molecule has 0 aliphatic heterocycles. The van der Waals surface area contributed by atoms with E-state index in [1.807, 2.05) is 44.2 Å². The van der Waals surface area contributed by atoms with Crippen molar-refractivity contribution in [1.29, 1.82) is 0 Å². The zero-order valence-electron chi connectivity index (χ0n) is 13.0. The molecule has 1 aromatic heterocycles. The minimum atomic E-state index is 0.0522. The van der Waals surface area contributed by atoms with E-state index in [4.69, 9.17) is 0 Å². The number of aromatic hydroxyl groups is 1. The number of H-pyrrole nitrogens is 1. The van der Waals surface area contributed by atoms with Crippen LogP contribution in [0.3, 0.4) is 0 Å². The van der Waals surface area contributed by atoms with E-state index in [9.17, 15) is 5.11 Å². The van der Waals surface area contributed by atoms with Crippen LogP contribution in [0.5, 0.6) is 5.88 Å². The molecule has 0 aliphatic carbocycles. The summed E-state index contributed by atoms with van der Waals surface area (Å²) in [5.41, 5.74) is 5.64. The minimum absolute atomic E-state index is 0.0522. The van der Waals surface area contributed by atoms with Crippen molar-refractivity contribution in [1.82, 2.24) is 4.98 Å². The Morgan fingerprint density at radius 2 is 1.73 bits per heavy atom. The molecule has 0 saturated heterocycles. The highest BCUT2D eigenvalue weighted by molar-refractivity contribution is 5.94. The van der Waals surface area contributed by atoms with E-state index in [-0.39, 0.29) is 5.88 Å². The minimum Gasteiger partial charge on any atom is -0.493 e. The Kier molecular flexibility index (Phi) is 3.67. The van der Waals surface area contributed by atoms with Crippen LogP contribution in [0, 0.1) is 13.8 Å². The summed E-state index contributed by atoms with van der Waals surface area (Å²) in [6.07, 6.45) is 0.940. The molecule has 4 heteroatoms. The highest BCUT2D eigenvalue weighted by atomic mass is 16.3. The number of azo groups is 1. The van der Waals surface area contributed by atoms with Crippen molar-refractivity contribution < 1.29 is 5.11 Å². The number of nitrogens with zero attached hydrogens (tertiary/aromatic N) is 2. The van der Waals surface area contributed by atoms with Crippen LogP contribution < -0.4 is 0 Å². The van der Waals surface area contributed by atoms with Crippen molar-refractivity contribution >= 4 is 22.3 Å². The van der Waals surface area contributed by atoms with Gasteiger partial charge in [0.25, 0.3) is 0 Å². The predicted octanol–water partition coefficient (Wildman–Crippen LogP) is 5.47. The maximum Gasteiger partial charge on any atom is 0.218 e. The lowest BCUT2D eigenvalue weighted by molar-refractivity contribution is 0.459. The monoisotopic (exact) mass is 293 g/mol. The topological polar surface area (TPSA) is 60.7 Å². The van der Waals surface area contributed by atoms with E-state index in [0.29, 0.717) is 5.69 Å². The van der Waals surface area contributed by atoms with Crippen molar-refractivity contribution in [2.45, 2.75) is 27.2 Å². The molecule has 0 amide bonds. The van der Waals surface area contributed by atoms with Gasteiger partial charge in [0.2, 0.25) is 5.88 Å².